The van der Waals surface area contributed by atoms with Crippen LogP contribution in [0.4, 0.5) is 5.69 Å². The van der Waals surface area contributed by atoms with Gasteiger partial charge in [0.1, 0.15) is 5.60 Å². The van der Waals surface area contributed by atoms with Crippen LogP contribution in [-0.2, 0) is 6.54 Å². The standard InChI is InChI=1S/C17H19NO2/c1-17(2,20)16(19)14-8-6-7-13(11-14)12-18-15-9-4-3-5-10-15/h3-11,18,20H,12H2,1-2H3. The zero-order valence-corrected chi connectivity index (χ0v) is 11.8. The van der Waals surface area contributed by atoms with Crippen LogP contribution in [0.3, 0.4) is 0 Å². The number of Topliss-reactive ketones (excluding diaryl/α,β-unsaturated/α-hetero) is 1. The Bertz CT molecular complexity index is 585. The summed E-state index contributed by atoms with van der Waals surface area (Å²) in [6, 6.07) is 17.2. The Kier molecular flexibility index (Phi) is 4.20. The second-order valence-electron chi connectivity index (χ2n) is 5.31. The van der Waals surface area contributed by atoms with E-state index in [-0.39, 0.29) is 5.78 Å². The Balaban J connectivity index is 2.09. The van der Waals surface area contributed by atoms with Gasteiger partial charge in [0.05, 0.1) is 0 Å². The van der Waals surface area contributed by atoms with Crippen molar-refractivity contribution in [2.75, 3.05) is 5.32 Å². The molecule has 0 spiro atoms. The fourth-order valence-corrected chi connectivity index (χ4v) is 1.94. The molecule has 2 aromatic carbocycles. The van der Waals surface area contributed by atoms with Gasteiger partial charge in [-0.05, 0) is 37.6 Å². The molecule has 0 radical (unpaired) electrons. The van der Waals surface area contributed by atoms with E-state index in [1.165, 1.54) is 13.8 Å². The molecule has 3 nitrogen and oxygen atoms in total. The molecule has 20 heavy (non-hydrogen) atoms. The van der Waals surface area contributed by atoms with Crippen LogP contribution in [0, 0.1) is 0 Å². The number of carbonyl (C=O) groups is 1. The lowest BCUT2D eigenvalue weighted by molar-refractivity contribution is 0.0488. The van der Waals surface area contributed by atoms with Crippen molar-refractivity contribution in [2.24, 2.45) is 0 Å². The Hall–Kier alpha value is -2.13. The van der Waals surface area contributed by atoms with Gasteiger partial charge in [-0.3, -0.25) is 4.79 Å². The molecular formula is C17H19NO2. The van der Waals surface area contributed by atoms with E-state index in [4.69, 9.17) is 0 Å². The fourth-order valence-electron chi connectivity index (χ4n) is 1.94. The van der Waals surface area contributed by atoms with Crippen molar-refractivity contribution in [1.82, 2.24) is 0 Å². The van der Waals surface area contributed by atoms with E-state index in [0.717, 1.165) is 11.3 Å². The minimum atomic E-state index is -1.34. The van der Waals surface area contributed by atoms with Gasteiger partial charge in [-0.2, -0.15) is 0 Å². The van der Waals surface area contributed by atoms with Gasteiger partial charge in [0, 0.05) is 17.8 Å². The quantitative estimate of drug-likeness (QED) is 0.819. The highest BCUT2D eigenvalue weighted by Gasteiger charge is 2.25. The third-order valence-corrected chi connectivity index (χ3v) is 3.02. The molecule has 0 heterocycles. The number of hydrogen-bond donors (Lipinski definition) is 2. The monoisotopic (exact) mass is 269 g/mol. The van der Waals surface area contributed by atoms with Crippen molar-refractivity contribution in [3.63, 3.8) is 0 Å². The maximum absolute atomic E-state index is 12.0. The molecule has 0 fully saturated rings. The summed E-state index contributed by atoms with van der Waals surface area (Å²) in [5.41, 5.74) is 1.23. The SMILES string of the molecule is CC(C)(O)C(=O)c1cccc(CNc2ccccc2)c1. The summed E-state index contributed by atoms with van der Waals surface area (Å²) < 4.78 is 0. The van der Waals surface area contributed by atoms with E-state index >= 15 is 0 Å². The van der Waals surface area contributed by atoms with E-state index in [1.54, 1.807) is 6.07 Å². The second-order valence-corrected chi connectivity index (χ2v) is 5.31. The molecule has 0 saturated carbocycles. The largest absolute Gasteiger partial charge is 0.382 e. The summed E-state index contributed by atoms with van der Waals surface area (Å²) in [5.74, 6) is -0.265. The Morgan fingerprint density at radius 1 is 1.10 bits per heavy atom. The minimum Gasteiger partial charge on any atom is -0.382 e. The Morgan fingerprint density at radius 2 is 1.80 bits per heavy atom. The number of para-hydroxylation sites is 1. The highest BCUT2D eigenvalue weighted by Crippen LogP contribution is 2.15. The first-order valence-electron chi connectivity index (χ1n) is 6.62. The molecule has 0 atom stereocenters. The molecule has 2 aromatic rings. The van der Waals surface area contributed by atoms with Crippen molar-refractivity contribution in [1.29, 1.82) is 0 Å². The van der Waals surface area contributed by atoms with Crippen molar-refractivity contribution in [3.8, 4) is 0 Å². The summed E-state index contributed by atoms with van der Waals surface area (Å²) in [6.07, 6.45) is 0. The molecule has 104 valence electrons. The van der Waals surface area contributed by atoms with Gasteiger partial charge in [-0.15, -0.1) is 0 Å². The van der Waals surface area contributed by atoms with Crippen LogP contribution in [0.1, 0.15) is 29.8 Å². The van der Waals surface area contributed by atoms with Crippen LogP contribution >= 0.6 is 0 Å². The lowest BCUT2D eigenvalue weighted by Gasteiger charge is -2.16. The summed E-state index contributed by atoms with van der Waals surface area (Å²) in [6.45, 7) is 3.64. The summed E-state index contributed by atoms with van der Waals surface area (Å²) in [4.78, 5) is 12.0. The van der Waals surface area contributed by atoms with Crippen LogP contribution < -0.4 is 5.32 Å². The summed E-state index contributed by atoms with van der Waals surface area (Å²) in [7, 11) is 0. The molecule has 0 amide bonds. The van der Waals surface area contributed by atoms with Gasteiger partial charge in [-0.1, -0.05) is 36.4 Å². The molecule has 0 aliphatic heterocycles. The van der Waals surface area contributed by atoms with Gasteiger partial charge >= 0.3 is 0 Å². The van der Waals surface area contributed by atoms with Gasteiger partial charge in [-0.25, -0.2) is 0 Å². The number of nitrogens with one attached hydrogen (secondary N) is 1. The third kappa shape index (κ3) is 3.68. The number of benzene rings is 2. The van der Waals surface area contributed by atoms with Crippen LogP contribution in [0.5, 0.6) is 0 Å². The van der Waals surface area contributed by atoms with Crippen LogP contribution in [0.25, 0.3) is 0 Å². The lowest BCUT2D eigenvalue weighted by Crippen LogP contribution is -2.31. The molecule has 3 heteroatoms. The number of ketones is 1. The molecule has 0 aliphatic rings. The summed E-state index contributed by atoms with van der Waals surface area (Å²) >= 11 is 0. The van der Waals surface area contributed by atoms with E-state index < -0.39 is 5.60 Å². The van der Waals surface area contributed by atoms with Crippen molar-refractivity contribution in [3.05, 3.63) is 65.7 Å². The first kappa shape index (κ1) is 14.3. The van der Waals surface area contributed by atoms with Crippen molar-refractivity contribution >= 4 is 11.5 Å². The lowest BCUT2D eigenvalue weighted by atomic mass is 9.96. The van der Waals surface area contributed by atoms with Crippen molar-refractivity contribution in [2.45, 2.75) is 26.0 Å². The molecule has 0 aliphatic carbocycles. The number of carbonyl (C=O) groups excluding carboxylic acids is 1. The molecule has 2 rings (SSSR count). The Morgan fingerprint density at radius 3 is 2.45 bits per heavy atom. The van der Waals surface area contributed by atoms with Gasteiger partial charge in [0.15, 0.2) is 5.78 Å². The average Bonchev–Trinajstić information content (AvgIpc) is 2.45. The summed E-state index contributed by atoms with van der Waals surface area (Å²) in [5, 5.41) is 13.1. The zero-order valence-electron chi connectivity index (χ0n) is 11.8. The normalized spacial score (nSPS) is 11.2. The van der Waals surface area contributed by atoms with E-state index in [0.29, 0.717) is 12.1 Å². The van der Waals surface area contributed by atoms with E-state index in [2.05, 4.69) is 5.32 Å². The minimum absolute atomic E-state index is 0.265. The smallest absolute Gasteiger partial charge is 0.193 e. The predicted octanol–water partition coefficient (Wildman–Crippen LogP) is 3.25. The molecule has 2 N–H and O–H groups in total. The predicted molar refractivity (Wildman–Crippen MR) is 80.8 cm³/mol. The average molecular weight is 269 g/mol. The highest BCUT2D eigenvalue weighted by molar-refractivity contribution is 6.01. The highest BCUT2D eigenvalue weighted by atomic mass is 16.3. The van der Waals surface area contributed by atoms with Crippen molar-refractivity contribution < 1.29 is 9.90 Å². The van der Waals surface area contributed by atoms with Gasteiger partial charge in [0.25, 0.3) is 0 Å². The molecule has 0 saturated heterocycles. The van der Waals surface area contributed by atoms with E-state index in [9.17, 15) is 9.90 Å². The number of rotatable bonds is 5. The van der Waals surface area contributed by atoms with Gasteiger partial charge < -0.3 is 10.4 Å². The van der Waals surface area contributed by atoms with Crippen LogP contribution in [-0.4, -0.2) is 16.5 Å². The van der Waals surface area contributed by atoms with Crippen LogP contribution in [0.15, 0.2) is 54.6 Å². The molecular weight excluding hydrogens is 250 g/mol. The maximum Gasteiger partial charge on any atom is 0.193 e. The number of hydrogen-bond acceptors (Lipinski definition) is 3. The van der Waals surface area contributed by atoms with Gasteiger partial charge in [0.2, 0.25) is 0 Å². The Labute approximate surface area is 119 Å². The molecule has 0 bridgehead atoms. The maximum atomic E-state index is 12.0. The first-order valence-corrected chi connectivity index (χ1v) is 6.62. The molecule has 0 unspecified atom stereocenters. The van der Waals surface area contributed by atoms with Crippen LogP contribution in [0.2, 0.25) is 0 Å². The fraction of sp³-hybridized carbons (Fsp3) is 0.235. The first-order chi connectivity index (χ1) is 9.47. The topological polar surface area (TPSA) is 49.3 Å². The zero-order chi connectivity index (χ0) is 14.6. The number of anilines is 1. The molecule has 0 aromatic heterocycles. The number of aliphatic hydroxyl groups is 1. The third-order valence-electron chi connectivity index (χ3n) is 3.02. The second kappa shape index (κ2) is 5.88. The van der Waals surface area contributed by atoms with E-state index in [1.807, 2.05) is 48.5 Å².